The van der Waals surface area contributed by atoms with E-state index in [0.29, 0.717) is 0 Å². The van der Waals surface area contributed by atoms with Gasteiger partial charge < -0.3 is 16.0 Å². The molecule has 2 unspecified atom stereocenters. The van der Waals surface area contributed by atoms with Crippen molar-refractivity contribution in [3.05, 3.63) is 95.6 Å². The Morgan fingerprint density at radius 2 is 1.47 bits per heavy atom. The van der Waals surface area contributed by atoms with E-state index in [2.05, 4.69) is 81.8 Å². The molecule has 0 aromatic heterocycles. The number of thiocarbonyl (C=S) groups is 1. The maximum Gasteiger partial charge on any atom is 0.0837 e. The molecule has 2 heterocycles. The van der Waals surface area contributed by atoms with Crippen LogP contribution in [0.15, 0.2) is 78.9 Å². The smallest absolute Gasteiger partial charge is 0.0837 e. The number of nitrogens with zero attached hydrogens (tertiary/aromatic N) is 2. The number of hydrogen-bond acceptors (Lipinski definition) is 4. The van der Waals surface area contributed by atoms with Crippen LogP contribution in [0.25, 0.3) is 0 Å². The Morgan fingerprint density at radius 1 is 0.812 bits per heavy atom. The van der Waals surface area contributed by atoms with Gasteiger partial charge in [-0.2, -0.15) is 0 Å². The monoisotopic (exact) mass is 442 g/mol. The number of fused-ring (bicyclic) bond motifs is 1. The Morgan fingerprint density at radius 3 is 2.19 bits per heavy atom. The Balaban J connectivity index is 1.26. The van der Waals surface area contributed by atoms with Gasteiger partial charge in [0.2, 0.25) is 0 Å². The van der Waals surface area contributed by atoms with E-state index in [1.165, 1.54) is 22.4 Å². The van der Waals surface area contributed by atoms with E-state index in [0.717, 1.165) is 49.8 Å². The van der Waals surface area contributed by atoms with Crippen molar-refractivity contribution in [1.29, 1.82) is 0 Å². The van der Waals surface area contributed by atoms with Gasteiger partial charge >= 0.3 is 0 Å². The third kappa shape index (κ3) is 4.36. The lowest BCUT2D eigenvalue weighted by Crippen LogP contribution is -2.47. The lowest BCUT2D eigenvalue weighted by molar-refractivity contribution is 0.252. The first-order valence-corrected chi connectivity index (χ1v) is 11.9. The zero-order valence-corrected chi connectivity index (χ0v) is 19.1. The molecule has 2 aliphatic heterocycles. The average molecular weight is 443 g/mol. The molecule has 4 nitrogen and oxygen atoms in total. The molecule has 3 N–H and O–H groups in total. The van der Waals surface area contributed by atoms with Crippen molar-refractivity contribution in [2.24, 2.45) is 0 Å². The summed E-state index contributed by atoms with van der Waals surface area (Å²) in [6.45, 7) is 5.41. The number of piperazine rings is 1. The number of hydrogen-bond donors (Lipinski definition) is 2. The fourth-order valence-corrected chi connectivity index (χ4v) is 5.33. The van der Waals surface area contributed by atoms with Crippen molar-refractivity contribution in [2.45, 2.75) is 18.4 Å². The third-order valence-electron chi connectivity index (χ3n) is 6.78. The van der Waals surface area contributed by atoms with Gasteiger partial charge in [0.25, 0.3) is 0 Å². The normalized spacial score (nSPS) is 21.1. The van der Waals surface area contributed by atoms with Crippen LogP contribution < -0.4 is 16.0 Å². The minimum Gasteiger partial charge on any atom is -0.399 e. The lowest BCUT2D eigenvalue weighted by atomic mass is 9.82. The summed E-state index contributed by atoms with van der Waals surface area (Å²) < 4.78 is 0. The van der Waals surface area contributed by atoms with Crippen LogP contribution in [0.3, 0.4) is 0 Å². The number of rotatable bonds is 5. The molecule has 32 heavy (non-hydrogen) atoms. The van der Waals surface area contributed by atoms with Gasteiger partial charge in [-0.15, -0.1) is 0 Å². The van der Waals surface area contributed by atoms with Gasteiger partial charge in [0.15, 0.2) is 0 Å². The first-order valence-electron chi connectivity index (χ1n) is 11.5. The van der Waals surface area contributed by atoms with Crippen molar-refractivity contribution in [3.63, 3.8) is 0 Å². The van der Waals surface area contributed by atoms with Gasteiger partial charge in [0.1, 0.15) is 0 Å². The van der Waals surface area contributed by atoms with Gasteiger partial charge in [-0.3, -0.25) is 4.90 Å². The van der Waals surface area contributed by atoms with Crippen LogP contribution in [-0.2, 0) is 0 Å². The van der Waals surface area contributed by atoms with Crippen LogP contribution >= 0.6 is 12.2 Å². The highest BCUT2D eigenvalue weighted by Gasteiger charge is 2.31. The predicted octanol–water partition coefficient (Wildman–Crippen LogP) is 4.58. The van der Waals surface area contributed by atoms with E-state index in [-0.39, 0.29) is 12.0 Å². The minimum atomic E-state index is 0.0879. The van der Waals surface area contributed by atoms with E-state index in [1.54, 1.807) is 0 Å². The van der Waals surface area contributed by atoms with Gasteiger partial charge in [0, 0.05) is 43.5 Å². The van der Waals surface area contributed by atoms with Gasteiger partial charge in [0.05, 0.1) is 11.0 Å². The second-order valence-electron chi connectivity index (χ2n) is 8.74. The fourth-order valence-electron chi connectivity index (χ4n) is 4.97. The molecule has 5 rings (SSSR count). The molecule has 0 bridgehead atoms. The average Bonchev–Trinajstić information content (AvgIpc) is 2.84. The zero-order valence-electron chi connectivity index (χ0n) is 18.3. The maximum atomic E-state index is 5.90. The summed E-state index contributed by atoms with van der Waals surface area (Å²) in [4.78, 5) is 6.01. The van der Waals surface area contributed by atoms with Crippen molar-refractivity contribution in [1.82, 2.24) is 10.2 Å². The maximum absolute atomic E-state index is 5.90. The van der Waals surface area contributed by atoms with Crippen LogP contribution in [0.1, 0.15) is 35.1 Å². The number of nitrogens with two attached hydrogens (primary N) is 1. The summed E-state index contributed by atoms with van der Waals surface area (Å²) in [5.41, 5.74) is 11.9. The molecule has 1 saturated heterocycles. The zero-order chi connectivity index (χ0) is 21.9. The standard InChI is InChI=1S/C27H30N4S/c28-21-12-10-20(11-13-21)26-24-9-5-4-8-23(24)25(27(32)29-26)14-15-30-16-18-31(19-17-30)22-6-2-1-3-7-22/h1-13,25-26H,14-19,28H2,(H,29,32). The van der Waals surface area contributed by atoms with Gasteiger partial charge in [-0.05, 0) is 53.9 Å². The number of benzene rings is 3. The molecule has 1 fully saturated rings. The SMILES string of the molecule is Nc1ccc(C2NC(=S)C(CCN3CCN(c4ccccc4)CC3)c3ccccc32)cc1. The molecule has 3 aromatic carbocycles. The number of para-hydroxylation sites is 1. The molecule has 0 saturated carbocycles. The molecule has 0 amide bonds. The summed E-state index contributed by atoms with van der Waals surface area (Å²) in [7, 11) is 0. The van der Waals surface area contributed by atoms with Crippen molar-refractivity contribution < 1.29 is 0 Å². The minimum absolute atomic E-state index is 0.0879. The van der Waals surface area contributed by atoms with E-state index in [9.17, 15) is 0 Å². The van der Waals surface area contributed by atoms with Crippen LogP contribution in [0.4, 0.5) is 11.4 Å². The molecule has 164 valence electrons. The number of nitrogen functional groups attached to an aromatic ring is 1. The Bertz CT molecular complexity index is 1060. The second-order valence-corrected chi connectivity index (χ2v) is 9.18. The van der Waals surface area contributed by atoms with E-state index < -0.39 is 0 Å². The molecular formula is C27H30N4S. The number of anilines is 2. The third-order valence-corrected chi connectivity index (χ3v) is 7.19. The van der Waals surface area contributed by atoms with Crippen LogP contribution in [-0.4, -0.2) is 42.6 Å². The van der Waals surface area contributed by atoms with Crippen LogP contribution in [0, 0.1) is 0 Å². The highest BCUT2D eigenvalue weighted by molar-refractivity contribution is 7.80. The topological polar surface area (TPSA) is 44.5 Å². The first kappa shape index (κ1) is 21.0. The summed E-state index contributed by atoms with van der Waals surface area (Å²) in [5, 5.41) is 3.64. The summed E-state index contributed by atoms with van der Waals surface area (Å²) >= 11 is 5.89. The second kappa shape index (κ2) is 9.31. The van der Waals surface area contributed by atoms with Crippen molar-refractivity contribution in [3.8, 4) is 0 Å². The first-order chi connectivity index (χ1) is 15.7. The van der Waals surface area contributed by atoms with Crippen molar-refractivity contribution in [2.75, 3.05) is 43.4 Å². The van der Waals surface area contributed by atoms with E-state index >= 15 is 0 Å². The lowest BCUT2D eigenvalue weighted by Gasteiger charge is -2.38. The van der Waals surface area contributed by atoms with Gasteiger partial charge in [-0.1, -0.05) is 66.8 Å². The molecule has 5 heteroatoms. The molecule has 3 aromatic rings. The molecule has 0 aliphatic carbocycles. The molecular weight excluding hydrogens is 412 g/mol. The highest BCUT2D eigenvalue weighted by Crippen LogP contribution is 2.37. The molecule has 2 atom stereocenters. The van der Waals surface area contributed by atoms with Crippen LogP contribution in [0.5, 0.6) is 0 Å². The fraction of sp³-hybridized carbons (Fsp3) is 0.296. The highest BCUT2D eigenvalue weighted by atomic mass is 32.1. The Hall–Kier alpha value is -2.89. The van der Waals surface area contributed by atoms with E-state index in [1.807, 2.05) is 12.1 Å². The summed E-state index contributed by atoms with van der Waals surface area (Å²) in [6, 6.07) is 27.7. The quantitative estimate of drug-likeness (QED) is 0.447. The Labute approximate surface area is 196 Å². The van der Waals surface area contributed by atoms with Gasteiger partial charge in [-0.25, -0.2) is 0 Å². The number of nitrogens with one attached hydrogen (secondary N) is 1. The molecule has 2 aliphatic rings. The predicted molar refractivity (Wildman–Crippen MR) is 137 cm³/mol. The Kier molecular flexibility index (Phi) is 6.10. The largest absolute Gasteiger partial charge is 0.399 e. The van der Waals surface area contributed by atoms with Crippen molar-refractivity contribution >= 4 is 28.6 Å². The van der Waals surface area contributed by atoms with E-state index in [4.69, 9.17) is 18.0 Å². The van der Waals surface area contributed by atoms with Crippen LogP contribution in [0.2, 0.25) is 0 Å². The summed E-state index contributed by atoms with van der Waals surface area (Å²) in [5.74, 6) is 0.262. The molecule has 0 spiro atoms. The summed E-state index contributed by atoms with van der Waals surface area (Å²) in [6.07, 6.45) is 1.04. The molecule has 0 radical (unpaired) electrons.